The minimum atomic E-state index is -0.624. The number of aromatic amines is 1. The van der Waals surface area contributed by atoms with Gasteiger partial charge in [-0.2, -0.15) is 0 Å². The van der Waals surface area contributed by atoms with Crippen LogP contribution in [0.5, 0.6) is 0 Å². The van der Waals surface area contributed by atoms with E-state index in [0.29, 0.717) is 52.2 Å². The number of nitrogens with zero attached hydrogens (tertiary/aromatic N) is 6. The Kier molecular flexibility index (Phi) is 8.40. The number of fused-ring (bicyclic) bond motifs is 2. The smallest absolute Gasteiger partial charge is 0.276 e. The molecule has 0 aliphatic rings. The van der Waals surface area contributed by atoms with E-state index >= 15 is 0 Å². The molecule has 42 heavy (non-hydrogen) atoms. The lowest BCUT2D eigenvalue weighted by atomic mass is 10.1. The summed E-state index contributed by atoms with van der Waals surface area (Å²) in [6, 6.07) is 18.3. The predicted molar refractivity (Wildman–Crippen MR) is 158 cm³/mol. The molecule has 4 heterocycles. The molecule has 6 aromatic rings. The van der Waals surface area contributed by atoms with E-state index in [1.807, 2.05) is 48.5 Å². The zero-order valence-corrected chi connectivity index (χ0v) is 22.7. The average molecular weight is 565 g/mol. The number of carbonyl (C=O) groups is 1. The molecule has 0 radical (unpaired) electrons. The molecule has 0 atom stereocenters. The highest BCUT2D eigenvalue weighted by Gasteiger charge is 2.15. The number of nitrogens with two attached hydrogens (primary N) is 1. The predicted octanol–water partition coefficient (Wildman–Crippen LogP) is 3.40. The van der Waals surface area contributed by atoms with Crippen LogP contribution in [-0.2, 0) is 13.0 Å². The van der Waals surface area contributed by atoms with Gasteiger partial charge in [0.25, 0.3) is 11.5 Å². The second kappa shape index (κ2) is 12.7. The van der Waals surface area contributed by atoms with Crippen LogP contribution < -0.4 is 22.1 Å². The molecule has 13 nitrogen and oxygen atoms in total. The highest BCUT2D eigenvalue weighted by atomic mass is 16.5. The van der Waals surface area contributed by atoms with Gasteiger partial charge in [-0.1, -0.05) is 31.2 Å². The van der Waals surface area contributed by atoms with Gasteiger partial charge in [0.2, 0.25) is 0 Å². The molecular weight excluding hydrogens is 536 g/mol. The van der Waals surface area contributed by atoms with Gasteiger partial charge in [0.05, 0.1) is 40.7 Å². The summed E-state index contributed by atoms with van der Waals surface area (Å²) in [5.41, 5.74) is 11.2. The first-order chi connectivity index (χ1) is 20.5. The molecule has 0 saturated heterocycles. The average Bonchev–Trinajstić information content (AvgIpc) is 3.51. The quantitative estimate of drug-likeness (QED) is 0.142. The minimum Gasteiger partial charge on any atom is -0.382 e. The number of hydroxylamine groups is 1. The van der Waals surface area contributed by atoms with E-state index in [1.54, 1.807) is 22.2 Å². The maximum Gasteiger partial charge on any atom is 0.276 e. The lowest BCUT2D eigenvalue weighted by molar-refractivity contribution is 0.0706. The number of nitrogens with one attached hydrogen (secondary N) is 3. The highest BCUT2D eigenvalue weighted by Crippen LogP contribution is 2.22. The second-order valence-electron chi connectivity index (χ2n) is 9.15. The number of H-pyrrole nitrogens is 1. The molecule has 0 aliphatic heterocycles. The SMILES string of the molecule is CCCc1nc2cccc(NCc3ccc(C(=O)NO)cn3)c2c(=O)n1-c1ccccc1.Nc1ncnc2nc[nH]c12. The van der Waals surface area contributed by atoms with Gasteiger partial charge in [-0.25, -0.2) is 25.4 Å². The first kappa shape index (κ1) is 27.9. The standard InChI is InChI=1S/C24H23N5O3.C5H5N5/c1-2-7-21-27-20-11-6-10-19(22(20)24(31)29(21)18-8-4-3-5-9-18)26-15-17-13-12-16(14-25-17)23(30)28-32;6-4-3-5(9-1-7-3)10-2-8-4/h3-6,8-14,26,32H,2,7,15H2,1H3,(H,28,30);1-2H,(H3,6,7,8,9,10). The molecule has 1 amide bonds. The fourth-order valence-corrected chi connectivity index (χ4v) is 4.36. The number of anilines is 2. The molecule has 212 valence electrons. The Hall–Kier alpha value is -5.69. The maximum absolute atomic E-state index is 13.6. The second-order valence-corrected chi connectivity index (χ2v) is 9.15. The van der Waals surface area contributed by atoms with Crippen LogP contribution in [0.2, 0.25) is 0 Å². The van der Waals surface area contributed by atoms with Gasteiger partial charge >= 0.3 is 0 Å². The number of aromatic nitrogens is 7. The Balaban J connectivity index is 0.000000295. The van der Waals surface area contributed by atoms with E-state index < -0.39 is 5.91 Å². The number of nitrogen functional groups attached to an aromatic ring is 1. The van der Waals surface area contributed by atoms with Crippen molar-refractivity contribution in [3.05, 3.63) is 107 Å². The van der Waals surface area contributed by atoms with Crippen molar-refractivity contribution < 1.29 is 10.0 Å². The van der Waals surface area contributed by atoms with E-state index in [0.717, 1.165) is 17.9 Å². The molecule has 6 rings (SSSR count). The van der Waals surface area contributed by atoms with Crippen molar-refractivity contribution in [3.63, 3.8) is 0 Å². The normalized spacial score (nSPS) is 10.7. The van der Waals surface area contributed by atoms with Crippen LogP contribution >= 0.6 is 0 Å². The molecular formula is C29H28N10O3. The van der Waals surface area contributed by atoms with Crippen molar-refractivity contribution in [2.75, 3.05) is 11.1 Å². The number of aryl methyl sites for hydroxylation is 1. The molecule has 2 aromatic carbocycles. The molecule has 13 heteroatoms. The fourth-order valence-electron chi connectivity index (χ4n) is 4.36. The van der Waals surface area contributed by atoms with Crippen LogP contribution in [-0.4, -0.2) is 45.6 Å². The van der Waals surface area contributed by atoms with Crippen LogP contribution in [0.3, 0.4) is 0 Å². The van der Waals surface area contributed by atoms with Gasteiger partial charge < -0.3 is 16.0 Å². The Labute approximate surface area is 239 Å². The molecule has 0 spiro atoms. The third kappa shape index (κ3) is 5.90. The number of benzene rings is 2. The number of amides is 1. The summed E-state index contributed by atoms with van der Waals surface area (Å²) in [7, 11) is 0. The summed E-state index contributed by atoms with van der Waals surface area (Å²) in [5, 5.41) is 12.5. The zero-order chi connectivity index (χ0) is 29.5. The first-order valence-corrected chi connectivity index (χ1v) is 13.1. The topological polar surface area (TPSA) is 190 Å². The van der Waals surface area contributed by atoms with Crippen LogP contribution in [0.15, 0.2) is 84.3 Å². The van der Waals surface area contributed by atoms with E-state index in [2.05, 4.69) is 37.2 Å². The van der Waals surface area contributed by atoms with Crippen molar-refractivity contribution in [3.8, 4) is 5.69 Å². The number of hydrogen-bond donors (Lipinski definition) is 5. The van der Waals surface area contributed by atoms with E-state index in [9.17, 15) is 9.59 Å². The zero-order valence-electron chi connectivity index (χ0n) is 22.7. The Morgan fingerprint density at radius 3 is 2.57 bits per heavy atom. The molecule has 0 unspecified atom stereocenters. The number of rotatable bonds is 7. The largest absolute Gasteiger partial charge is 0.382 e. The van der Waals surface area contributed by atoms with Crippen LogP contribution in [0.1, 0.15) is 35.2 Å². The van der Waals surface area contributed by atoms with Crippen molar-refractivity contribution >= 4 is 39.5 Å². The summed E-state index contributed by atoms with van der Waals surface area (Å²) < 4.78 is 1.68. The van der Waals surface area contributed by atoms with Crippen LogP contribution in [0.4, 0.5) is 11.5 Å². The monoisotopic (exact) mass is 564 g/mol. The fraction of sp³-hybridized carbons (Fsp3) is 0.138. The van der Waals surface area contributed by atoms with Gasteiger partial charge in [0.15, 0.2) is 11.5 Å². The summed E-state index contributed by atoms with van der Waals surface area (Å²) in [4.78, 5) is 48.5. The number of pyridine rings is 1. The Morgan fingerprint density at radius 2 is 1.86 bits per heavy atom. The van der Waals surface area contributed by atoms with E-state index in [4.69, 9.17) is 15.9 Å². The number of para-hydroxylation sites is 1. The molecule has 6 N–H and O–H groups in total. The van der Waals surface area contributed by atoms with E-state index in [-0.39, 0.29) is 11.1 Å². The highest BCUT2D eigenvalue weighted by molar-refractivity contribution is 5.93. The Morgan fingerprint density at radius 1 is 1.02 bits per heavy atom. The van der Waals surface area contributed by atoms with Crippen molar-refractivity contribution in [1.82, 2.24) is 40.0 Å². The molecule has 0 aliphatic carbocycles. The number of carbonyl (C=O) groups excluding carboxylic acids is 1. The number of imidazole rings is 1. The van der Waals surface area contributed by atoms with Crippen molar-refractivity contribution in [2.24, 2.45) is 0 Å². The summed E-state index contributed by atoms with van der Waals surface area (Å²) in [6.45, 7) is 2.41. The van der Waals surface area contributed by atoms with Gasteiger partial charge in [0, 0.05) is 18.3 Å². The molecule has 0 saturated carbocycles. The minimum absolute atomic E-state index is 0.129. The molecule has 4 aromatic heterocycles. The molecule has 0 bridgehead atoms. The molecule has 0 fully saturated rings. The Bertz CT molecular complexity index is 1890. The summed E-state index contributed by atoms with van der Waals surface area (Å²) >= 11 is 0. The summed E-state index contributed by atoms with van der Waals surface area (Å²) in [6.07, 6.45) is 5.87. The third-order valence-corrected chi connectivity index (χ3v) is 6.36. The van der Waals surface area contributed by atoms with Crippen molar-refractivity contribution in [1.29, 1.82) is 0 Å². The van der Waals surface area contributed by atoms with Gasteiger partial charge in [-0.05, 0) is 42.8 Å². The summed E-state index contributed by atoms with van der Waals surface area (Å²) in [5.74, 6) is 0.539. The van der Waals surface area contributed by atoms with Gasteiger partial charge in [-0.3, -0.25) is 24.3 Å². The van der Waals surface area contributed by atoms with Gasteiger partial charge in [-0.15, -0.1) is 0 Å². The third-order valence-electron chi connectivity index (χ3n) is 6.36. The van der Waals surface area contributed by atoms with Crippen LogP contribution in [0.25, 0.3) is 27.8 Å². The lowest BCUT2D eigenvalue weighted by Gasteiger charge is -2.15. The van der Waals surface area contributed by atoms with E-state index in [1.165, 1.54) is 18.9 Å². The first-order valence-electron chi connectivity index (χ1n) is 13.1. The van der Waals surface area contributed by atoms with Crippen molar-refractivity contribution in [2.45, 2.75) is 26.3 Å². The number of hydrogen-bond acceptors (Lipinski definition) is 10. The lowest BCUT2D eigenvalue weighted by Crippen LogP contribution is -2.24. The van der Waals surface area contributed by atoms with Crippen LogP contribution in [0, 0.1) is 0 Å². The maximum atomic E-state index is 13.6. The van der Waals surface area contributed by atoms with Gasteiger partial charge in [0.1, 0.15) is 17.7 Å².